The van der Waals surface area contributed by atoms with E-state index in [-0.39, 0.29) is 9.87 Å². The van der Waals surface area contributed by atoms with Gasteiger partial charge in [0.2, 0.25) is 5.82 Å². The number of carboxylic acid groups (broad SMARTS) is 1. The summed E-state index contributed by atoms with van der Waals surface area (Å²) in [7, 11) is -4.73. The van der Waals surface area contributed by atoms with Gasteiger partial charge in [0, 0.05) is 18.5 Å². The maximum absolute atomic E-state index is 14.0. The summed E-state index contributed by atoms with van der Waals surface area (Å²) in [6, 6.07) is 0.992. The molecule has 1 heterocycles. The molecule has 0 aliphatic carbocycles. The van der Waals surface area contributed by atoms with E-state index >= 15 is 0 Å². The maximum atomic E-state index is 14.0. The number of aliphatic carboxylic acids is 1. The molecule has 0 aromatic heterocycles. The normalized spacial score (nSPS) is 18.8. The average molecular weight is 547 g/mol. The quantitative estimate of drug-likeness (QED) is 0.278. The van der Waals surface area contributed by atoms with Crippen molar-refractivity contribution in [2.24, 2.45) is 0 Å². The zero-order valence-electron chi connectivity index (χ0n) is 17.3. The molecular weight excluding hydrogens is 534 g/mol. The Hall–Kier alpha value is -3.31. The van der Waals surface area contributed by atoms with E-state index in [4.69, 9.17) is 0 Å². The van der Waals surface area contributed by atoms with Crippen molar-refractivity contribution in [3.8, 4) is 0 Å². The van der Waals surface area contributed by atoms with Crippen LogP contribution in [0.2, 0.25) is 0 Å². The van der Waals surface area contributed by atoms with Crippen LogP contribution in [0.5, 0.6) is 0 Å². The van der Waals surface area contributed by atoms with Crippen LogP contribution in [-0.2, 0) is 38.9 Å². The molecule has 8 nitrogen and oxygen atoms in total. The zero-order chi connectivity index (χ0) is 27.2. The van der Waals surface area contributed by atoms with E-state index in [1.807, 2.05) is 5.32 Å². The molecular formula is C19H13F8N3O5S. The van der Waals surface area contributed by atoms with Crippen LogP contribution >= 0.6 is 0 Å². The number of rotatable bonds is 7. The van der Waals surface area contributed by atoms with Crippen molar-refractivity contribution < 1.29 is 58.2 Å². The molecule has 0 radical (unpaired) electrons. The molecule has 0 bridgehead atoms. The summed E-state index contributed by atoms with van der Waals surface area (Å²) in [4.78, 5) is 23.9. The van der Waals surface area contributed by atoms with Crippen LogP contribution in [0.25, 0.3) is 0 Å². The summed E-state index contributed by atoms with van der Waals surface area (Å²) in [5, 5.41) is 11.3. The molecule has 1 aliphatic heterocycles. The molecule has 36 heavy (non-hydrogen) atoms. The van der Waals surface area contributed by atoms with Gasteiger partial charge in [-0.3, -0.25) is 14.9 Å². The number of carbonyl (C=O) groups excluding carboxylic acids is 1. The minimum absolute atomic E-state index is 0.235. The van der Waals surface area contributed by atoms with Crippen molar-refractivity contribution >= 4 is 22.1 Å². The molecule has 196 valence electrons. The third-order valence-corrected chi connectivity index (χ3v) is 6.45. The largest absolute Gasteiger partial charge is 0.480 e. The van der Waals surface area contributed by atoms with Crippen molar-refractivity contribution in [2.45, 2.75) is 31.3 Å². The van der Waals surface area contributed by atoms with Gasteiger partial charge in [-0.15, -0.1) is 0 Å². The number of nitrogens with zero attached hydrogens (tertiary/aromatic N) is 1. The standard InChI is InChI=1S/C19H13F8N3O5S/c20-11-9(12(21)14(23)15(24)13(11)22)5-10(18(32)33)28-16-17(31)29-36(34,35)30(16)6-7-2-1-3-8(4-7)19(25,26)27/h1-4,10,16,28H,5-6H2,(H,29,31)(H,32,33)/t10-,16+/m0/s1. The lowest BCUT2D eigenvalue weighted by Gasteiger charge is -2.25. The van der Waals surface area contributed by atoms with Crippen LogP contribution in [0.3, 0.4) is 0 Å². The number of carboxylic acids is 1. The molecule has 1 fully saturated rings. The van der Waals surface area contributed by atoms with E-state index in [0.717, 1.165) is 12.1 Å². The highest BCUT2D eigenvalue weighted by Gasteiger charge is 2.46. The van der Waals surface area contributed by atoms with Gasteiger partial charge in [0.1, 0.15) is 6.04 Å². The summed E-state index contributed by atoms with van der Waals surface area (Å²) >= 11 is 0. The fourth-order valence-corrected chi connectivity index (χ4v) is 4.55. The lowest BCUT2D eigenvalue weighted by Crippen LogP contribution is -2.53. The number of hydrogen-bond acceptors (Lipinski definition) is 5. The number of benzene rings is 2. The van der Waals surface area contributed by atoms with Gasteiger partial charge in [-0.05, 0) is 11.6 Å². The third-order valence-electron chi connectivity index (χ3n) is 5.03. The summed E-state index contributed by atoms with van der Waals surface area (Å²) in [5.74, 6) is -15.3. The second-order valence-corrected chi connectivity index (χ2v) is 9.05. The second kappa shape index (κ2) is 9.62. The van der Waals surface area contributed by atoms with Gasteiger partial charge in [-0.25, -0.2) is 26.7 Å². The summed E-state index contributed by atoms with van der Waals surface area (Å²) in [6.07, 6.45) is -8.36. The van der Waals surface area contributed by atoms with Gasteiger partial charge in [-0.1, -0.05) is 18.2 Å². The van der Waals surface area contributed by atoms with Crippen molar-refractivity contribution in [1.82, 2.24) is 14.3 Å². The average Bonchev–Trinajstić information content (AvgIpc) is 2.99. The summed E-state index contributed by atoms with van der Waals surface area (Å²) in [6.45, 7) is -0.891. The molecule has 2 atom stereocenters. The Morgan fingerprint density at radius 2 is 1.61 bits per heavy atom. The van der Waals surface area contributed by atoms with E-state index < -0.39 is 93.6 Å². The Morgan fingerprint density at radius 3 is 2.14 bits per heavy atom. The topological polar surface area (TPSA) is 116 Å². The number of halogens is 8. The highest BCUT2D eigenvalue weighted by molar-refractivity contribution is 7.88. The Morgan fingerprint density at radius 1 is 1.06 bits per heavy atom. The predicted molar refractivity (Wildman–Crippen MR) is 102 cm³/mol. The maximum Gasteiger partial charge on any atom is 0.416 e. The monoisotopic (exact) mass is 547 g/mol. The van der Waals surface area contributed by atoms with Gasteiger partial charge in [0.25, 0.3) is 5.91 Å². The molecule has 2 aromatic carbocycles. The molecule has 2 aromatic rings. The molecule has 17 heteroatoms. The minimum Gasteiger partial charge on any atom is -0.480 e. The second-order valence-electron chi connectivity index (χ2n) is 7.43. The van der Waals surface area contributed by atoms with Crippen molar-refractivity contribution in [3.63, 3.8) is 0 Å². The lowest BCUT2D eigenvalue weighted by molar-refractivity contribution is -0.140. The van der Waals surface area contributed by atoms with E-state index in [1.54, 1.807) is 0 Å². The molecule has 0 spiro atoms. The predicted octanol–water partition coefficient (Wildman–Crippen LogP) is 2.19. The fraction of sp³-hybridized carbons (Fsp3) is 0.263. The number of amides is 1. The smallest absolute Gasteiger partial charge is 0.416 e. The molecule has 1 saturated heterocycles. The molecule has 0 unspecified atom stereocenters. The Bertz CT molecular complexity index is 1310. The molecule has 3 N–H and O–H groups in total. The molecule has 1 amide bonds. The highest BCUT2D eigenvalue weighted by atomic mass is 32.2. The van der Waals surface area contributed by atoms with Gasteiger partial charge in [-0.2, -0.15) is 25.9 Å². The minimum atomic E-state index is -4.80. The van der Waals surface area contributed by atoms with E-state index in [9.17, 15) is 58.2 Å². The number of alkyl halides is 3. The van der Waals surface area contributed by atoms with Gasteiger partial charge in [0.15, 0.2) is 29.4 Å². The van der Waals surface area contributed by atoms with Crippen molar-refractivity contribution in [2.75, 3.05) is 0 Å². The molecule has 0 saturated carbocycles. The van der Waals surface area contributed by atoms with Gasteiger partial charge >= 0.3 is 22.4 Å². The fourth-order valence-electron chi connectivity index (χ4n) is 3.31. The lowest BCUT2D eigenvalue weighted by atomic mass is 10.0. The first-order valence-corrected chi connectivity index (χ1v) is 11.0. The zero-order valence-corrected chi connectivity index (χ0v) is 18.2. The van der Waals surface area contributed by atoms with Crippen LogP contribution in [0.4, 0.5) is 35.1 Å². The van der Waals surface area contributed by atoms with E-state index in [0.29, 0.717) is 12.1 Å². The van der Waals surface area contributed by atoms with Crippen LogP contribution in [0.15, 0.2) is 24.3 Å². The van der Waals surface area contributed by atoms with Crippen LogP contribution in [-0.4, -0.2) is 41.9 Å². The SMILES string of the molecule is O=C(O)[C@H](Cc1c(F)c(F)c(F)c(F)c1F)N[C@H]1C(=O)NS(=O)(=O)N1Cc1cccc(C(F)(F)F)c1. The van der Waals surface area contributed by atoms with Gasteiger partial charge in [0.05, 0.1) is 5.56 Å². The van der Waals surface area contributed by atoms with Crippen molar-refractivity contribution in [3.05, 3.63) is 70.0 Å². The van der Waals surface area contributed by atoms with Gasteiger partial charge < -0.3 is 5.11 Å². The number of carbonyl (C=O) groups is 2. The van der Waals surface area contributed by atoms with Crippen LogP contribution in [0.1, 0.15) is 16.7 Å². The summed E-state index contributed by atoms with van der Waals surface area (Å²) < 4.78 is 134. The first-order chi connectivity index (χ1) is 16.5. The Kier molecular flexibility index (Phi) is 7.29. The third kappa shape index (κ3) is 5.26. The Labute approximate surface area is 196 Å². The first-order valence-electron chi connectivity index (χ1n) is 9.53. The van der Waals surface area contributed by atoms with Crippen LogP contribution < -0.4 is 10.0 Å². The Balaban J connectivity index is 1.94. The summed E-state index contributed by atoms with van der Waals surface area (Å²) in [5.41, 5.74) is -2.99. The number of nitrogens with one attached hydrogen (secondary N) is 2. The van der Waals surface area contributed by atoms with E-state index in [2.05, 4.69) is 0 Å². The van der Waals surface area contributed by atoms with Crippen molar-refractivity contribution in [1.29, 1.82) is 0 Å². The first kappa shape index (κ1) is 27.3. The molecule has 3 rings (SSSR count). The number of hydrogen-bond donors (Lipinski definition) is 3. The van der Waals surface area contributed by atoms with E-state index in [1.165, 1.54) is 4.72 Å². The highest BCUT2D eigenvalue weighted by Crippen LogP contribution is 2.30. The van der Waals surface area contributed by atoms with Crippen LogP contribution in [0, 0.1) is 29.1 Å². The molecule has 1 aliphatic rings.